The molecule has 0 saturated heterocycles. The molecule has 0 fully saturated rings. The van der Waals surface area contributed by atoms with Crippen LogP contribution in [0.2, 0.25) is 0 Å². The molecule has 4 N–H and O–H groups in total. The first-order chi connectivity index (χ1) is 17.1. The summed E-state index contributed by atoms with van der Waals surface area (Å²) in [5.74, 6) is -4.05. The van der Waals surface area contributed by atoms with Crippen LogP contribution in [0.25, 0.3) is 5.69 Å². The number of anilines is 1. The maximum absolute atomic E-state index is 14.1. The summed E-state index contributed by atoms with van der Waals surface area (Å²) >= 11 is 0. The standard InChI is InChI=1S/C24H24F6N4O3/c1-22(2,16-8-13(25)5-7-19(16)37-3)11-23(36,24(28,29)30)12-32-21(35)15-10-33-34(20(15)31)18-6-4-14(26)9-17(18)27/h4-10,36H,11-12,31H2,1-3H3,(H,32,35)/t23-/m1/s1. The minimum absolute atomic E-state index is 0.0795. The molecule has 0 aliphatic heterocycles. The fourth-order valence-electron chi connectivity index (χ4n) is 4.00. The molecule has 0 bridgehead atoms. The Kier molecular flexibility index (Phi) is 7.49. The highest BCUT2D eigenvalue weighted by atomic mass is 19.4. The lowest BCUT2D eigenvalue weighted by molar-refractivity contribution is -0.263. The number of halogens is 6. The number of nitrogens with one attached hydrogen (secondary N) is 1. The number of benzene rings is 2. The van der Waals surface area contributed by atoms with E-state index in [0.717, 1.165) is 35.1 Å². The normalized spacial score (nSPS) is 13.8. The number of nitrogens with zero attached hydrogens (tertiary/aromatic N) is 2. The molecular formula is C24H24F6N4O3. The number of carbonyl (C=O) groups excluding carboxylic acids is 1. The summed E-state index contributed by atoms with van der Waals surface area (Å²) < 4.78 is 89.1. The Hall–Kier alpha value is -3.74. The number of alkyl halides is 3. The van der Waals surface area contributed by atoms with Gasteiger partial charge in [0.05, 0.1) is 19.9 Å². The third-order valence-electron chi connectivity index (χ3n) is 5.88. The number of amides is 1. The molecule has 200 valence electrons. The zero-order valence-electron chi connectivity index (χ0n) is 20.0. The Morgan fingerprint density at radius 3 is 2.32 bits per heavy atom. The van der Waals surface area contributed by atoms with Crippen LogP contribution in [0, 0.1) is 17.5 Å². The second-order valence-electron chi connectivity index (χ2n) is 9.07. The van der Waals surface area contributed by atoms with E-state index in [2.05, 4.69) is 5.10 Å². The van der Waals surface area contributed by atoms with Crippen molar-refractivity contribution in [2.24, 2.45) is 0 Å². The van der Waals surface area contributed by atoms with Crippen molar-refractivity contribution < 1.29 is 41.0 Å². The monoisotopic (exact) mass is 530 g/mol. The molecule has 1 atom stereocenters. The molecule has 2 aromatic carbocycles. The van der Waals surface area contributed by atoms with Gasteiger partial charge in [0, 0.05) is 11.6 Å². The van der Waals surface area contributed by atoms with E-state index in [4.69, 9.17) is 10.5 Å². The minimum Gasteiger partial charge on any atom is -0.496 e. The largest absolute Gasteiger partial charge is 0.496 e. The van der Waals surface area contributed by atoms with Crippen molar-refractivity contribution in [2.45, 2.75) is 37.5 Å². The summed E-state index contributed by atoms with van der Waals surface area (Å²) in [6.45, 7) is 1.44. The molecule has 0 unspecified atom stereocenters. The predicted molar refractivity (Wildman–Crippen MR) is 122 cm³/mol. The first-order valence-corrected chi connectivity index (χ1v) is 10.8. The van der Waals surface area contributed by atoms with Crippen molar-refractivity contribution in [3.63, 3.8) is 0 Å². The van der Waals surface area contributed by atoms with Crippen LogP contribution in [0.4, 0.5) is 32.2 Å². The van der Waals surface area contributed by atoms with E-state index < -0.39 is 64.9 Å². The van der Waals surface area contributed by atoms with Crippen LogP contribution in [-0.2, 0) is 5.41 Å². The number of hydrogen-bond acceptors (Lipinski definition) is 5. The average Bonchev–Trinajstić information content (AvgIpc) is 3.17. The van der Waals surface area contributed by atoms with Crippen LogP contribution < -0.4 is 15.8 Å². The molecular weight excluding hydrogens is 506 g/mol. The van der Waals surface area contributed by atoms with Gasteiger partial charge >= 0.3 is 6.18 Å². The summed E-state index contributed by atoms with van der Waals surface area (Å²) in [6.07, 6.45) is -5.29. The van der Waals surface area contributed by atoms with Crippen molar-refractivity contribution in [3.05, 3.63) is 71.2 Å². The Morgan fingerprint density at radius 2 is 1.73 bits per heavy atom. The predicted octanol–water partition coefficient (Wildman–Crippen LogP) is 4.27. The van der Waals surface area contributed by atoms with Gasteiger partial charge in [0.25, 0.3) is 5.91 Å². The van der Waals surface area contributed by atoms with E-state index >= 15 is 0 Å². The Balaban J connectivity index is 1.86. The van der Waals surface area contributed by atoms with Gasteiger partial charge in [0.1, 0.15) is 34.5 Å². The molecule has 0 radical (unpaired) electrons. The molecule has 0 aliphatic carbocycles. The van der Waals surface area contributed by atoms with E-state index in [1.807, 2.05) is 5.32 Å². The van der Waals surface area contributed by atoms with Gasteiger partial charge in [-0.25, -0.2) is 17.9 Å². The summed E-state index contributed by atoms with van der Waals surface area (Å²) in [5, 5.41) is 16.4. The molecule has 1 amide bonds. The fourth-order valence-corrected chi connectivity index (χ4v) is 4.00. The number of hydrogen-bond donors (Lipinski definition) is 3. The third-order valence-corrected chi connectivity index (χ3v) is 5.88. The van der Waals surface area contributed by atoms with Gasteiger partial charge in [-0.1, -0.05) is 13.8 Å². The second-order valence-corrected chi connectivity index (χ2v) is 9.07. The number of rotatable bonds is 8. The number of methoxy groups -OCH3 is 1. The maximum Gasteiger partial charge on any atom is 0.418 e. The molecule has 7 nitrogen and oxygen atoms in total. The molecule has 0 aliphatic rings. The number of aliphatic hydroxyl groups is 1. The molecule has 37 heavy (non-hydrogen) atoms. The van der Waals surface area contributed by atoms with Gasteiger partial charge in [-0.15, -0.1) is 0 Å². The first-order valence-electron chi connectivity index (χ1n) is 10.8. The van der Waals surface area contributed by atoms with Gasteiger partial charge in [0.15, 0.2) is 11.4 Å². The van der Waals surface area contributed by atoms with Crippen LogP contribution in [0.3, 0.4) is 0 Å². The summed E-state index contributed by atoms with van der Waals surface area (Å²) in [7, 11) is 1.27. The Morgan fingerprint density at radius 1 is 1.11 bits per heavy atom. The highest BCUT2D eigenvalue weighted by Crippen LogP contribution is 2.43. The first kappa shape index (κ1) is 27.8. The SMILES string of the molecule is COc1ccc(F)cc1C(C)(C)C[C@@](O)(CNC(=O)c1cnn(-c2ccc(F)cc2F)c1N)C(F)(F)F. The van der Waals surface area contributed by atoms with E-state index in [-0.39, 0.29) is 17.0 Å². The second kappa shape index (κ2) is 9.96. The average molecular weight is 530 g/mol. The summed E-state index contributed by atoms with van der Waals surface area (Å²) in [5.41, 5.74) is 0.305. The molecule has 0 spiro atoms. The summed E-state index contributed by atoms with van der Waals surface area (Å²) in [4.78, 5) is 12.7. The number of nitrogens with two attached hydrogens (primary N) is 1. The highest BCUT2D eigenvalue weighted by Gasteiger charge is 2.56. The van der Waals surface area contributed by atoms with Crippen molar-refractivity contribution in [2.75, 3.05) is 19.4 Å². The van der Waals surface area contributed by atoms with E-state index in [1.165, 1.54) is 27.0 Å². The van der Waals surface area contributed by atoms with Gasteiger partial charge in [-0.05, 0) is 42.2 Å². The molecule has 3 rings (SSSR count). The zero-order chi connectivity index (χ0) is 27.8. The highest BCUT2D eigenvalue weighted by molar-refractivity contribution is 5.98. The lowest BCUT2D eigenvalue weighted by Crippen LogP contribution is -2.56. The van der Waals surface area contributed by atoms with Crippen molar-refractivity contribution >= 4 is 11.7 Å². The van der Waals surface area contributed by atoms with E-state index in [9.17, 15) is 36.2 Å². The van der Waals surface area contributed by atoms with E-state index in [0.29, 0.717) is 6.07 Å². The number of aromatic nitrogens is 2. The smallest absolute Gasteiger partial charge is 0.418 e. The number of nitrogen functional groups attached to an aromatic ring is 1. The van der Waals surface area contributed by atoms with Crippen LogP contribution >= 0.6 is 0 Å². The van der Waals surface area contributed by atoms with E-state index in [1.54, 1.807) is 0 Å². The number of ether oxygens (including phenoxy) is 1. The lowest BCUT2D eigenvalue weighted by atomic mass is 9.74. The van der Waals surface area contributed by atoms with Gasteiger partial charge in [-0.2, -0.15) is 18.3 Å². The third kappa shape index (κ3) is 5.66. The fraction of sp³-hybridized carbons (Fsp3) is 0.333. The van der Waals surface area contributed by atoms with Crippen molar-refractivity contribution in [3.8, 4) is 11.4 Å². The van der Waals surface area contributed by atoms with Crippen molar-refractivity contribution in [1.29, 1.82) is 0 Å². The van der Waals surface area contributed by atoms with Gasteiger partial charge < -0.3 is 20.9 Å². The molecule has 0 saturated carbocycles. The molecule has 1 heterocycles. The van der Waals surface area contributed by atoms with Crippen LogP contribution in [-0.4, -0.2) is 46.2 Å². The molecule has 1 aromatic heterocycles. The van der Waals surface area contributed by atoms with Gasteiger partial charge in [0.2, 0.25) is 0 Å². The lowest BCUT2D eigenvalue weighted by Gasteiger charge is -2.38. The topological polar surface area (TPSA) is 102 Å². The van der Waals surface area contributed by atoms with Crippen LogP contribution in [0.1, 0.15) is 36.2 Å². The van der Waals surface area contributed by atoms with Crippen LogP contribution in [0.5, 0.6) is 5.75 Å². The molecule has 3 aromatic rings. The van der Waals surface area contributed by atoms with Gasteiger partial charge in [-0.3, -0.25) is 4.79 Å². The number of carbonyl (C=O) groups is 1. The Labute approximate surface area is 207 Å². The Bertz CT molecular complexity index is 1310. The summed E-state index contributed by atoms with van der Waals surface area (Å²) in [6, 6.07) is 5.86. The zero-order valence-corrected chi connectivity index (χ0v) is 20.0. The quantitative estimate of drug-likeness (QED) is 0.378. The molecule has 13 heteroatoms. The van der Waals surface area contributed by atoms with Crippen molar-refractivity contribution in [1.82, 2.24) is 15.1 Å². The minimum atomic E-state index is -5.20. The maximum atomic E-state index is 14.1. The van der Waals surface area contributed by atoms with Crippen LogP contribution in [0.15, 0.2) is 42.6 Å².